The number of likely N-dealkylation sites (tertiary alicyclic amines) is 1. The van der Waals surface area contributed by atoms with Crippen LogP contribution in [0.3, 0.4) is 0 Å². The lowest BCUT2D eigenvalue weighted by atomic mass is 9.91. The molecule has 1 amide bonds. The smallest absolute Gasteiger partial charge is 0.242 e. The van der Waals surface area contributed by atoms with Gasteiger partial charge in [-0.25, -0.2) is 0 Å². The van der Waals surface area contributed by atoms with E-state index in [2.05, 4.69) is 22.3 Å². The molecule has 0 radical (unpaired) electrons. The van der Waals surface area contributed by atoms with Crippen LogP contribution in [0.15, 0.2) is 65.8 Å². The highest BCUT2D eigenvalue weighted by Crippen LogP contribution is 2.29. The number of aromatic nitrogens is 3. The number of H-pyrrole nitrogens is 1. The van der Waals surface area contributed by atoms with Gasteiger partial charge < -0.3 is 9.47 Å². The molecule has 1 aliphatic rings. The van der Waals surface area contributed by atoms with Crippen molar-refractivity contribution in [3.63, 3.8) is 0 Å². The summed E-state index contributed by atoms with van der Waals surface area (Å²) in [6.07, 6.45) is 8.09. The zero-order valence-electron chi connectivity index (χ0n) is 15.8. The van der Waals surface area contributed by atoms with Crippen molar-refractivity contribution in [2.45, 2.75) is 31.7 Å². The Kier molecular flexibility index (Phi) is 5.37. The van der Waals surface area contributed by atoms with E-state index in [1.807, 2.05) is 29.3 Å². The quantitative estimate of drug-likeness (QED) is 0.744. The summed E-state index contributed by atoms with van der Waals surface area (Å²) >= 11 is 0. The van der Waals surface area contributed by atoms with Gasteiger partial charge in [0.1, 0.15) is 6.54 Å². The van der Waals surface area contributed by atoms with Crippen LogP contribution in [0.25, 0.3) is 0 Å². The van der Waals surface area contributed by atoms with E-state index in [9.17, 15) is 9.59 Å². The number of piperidine rings is 1. The number of aromatic amines is 1. The Morgan fingerprint density at radius 1 is 1.14 bits per heavy atom. The Balaban J connectivity index is 1.44. The summed E-state index contributed by atoms with van der Waals surface area (Å²) in [7, 11) is 0. The molecule has 3 aromatic rings. The number of carbonyl (C=O) groups is 1. The summed E-state index contributed by atoms with van der Waals surface area (Å²) in [5, 5.41) is 7.46. The molecular formula is C22H24N4O2. The van der Waals surface area contributed by atoms with Crippen LogP contribution in [0.5, 0.6) is 0 Å². The van der Waals surface area contributed by atoms with E-state index >= 15 is 0 Å². The minimum atomic E-state index is -0.0491. The molecule has 1 saturated heterocycles. The number of nitrogens with zero attached hydrogens (tertiary/aromatic N) is 3. The summed E-state index contributed by atoms with van der Waals surface area (Å²) in [6.45, 7) is 1.73. The molecule has 1 atom stereocenters. The maximum Gasteiger partial charge on any atom is 0.242 e. The maximum atomic E-state index is 12.7. The van der Waals surface area contributed by atoms with Crippen molar-refractivity contribution in [1.82, 2.24) is 19.7 Å². The Morgan fingerprint density at radius 3 is 2.71 bits per heavy atom. The fourth-order valence-electron chi connectivity index (χ4n) is 3.88. The lowest BCUT2D eigenvalue weighted by molar-refractivity contribution is -0.133. The lowest BCUT2D eigenvalue weighted by Gasteiger charge is -2.33. The van der Waals surface area contributed by atoms with Crippen LogP contribution in [0, 0.1) is 0 Å². The molecule has 1 N–H and O–H groups in total. The van der Waals surface area contributed by atoms with Crippen molar-refractivity contribution in [2.75, 3.05) is 13.1 Å². The summed E-state index contributed by atoms with van der Waals surface area (Å²) in [5.74, 6) is 0.352. The van der Waals surface area contributed by atoms with Crippen molar-refractivity contribution in [1.29, 1.82) is 0 Å². The van der Waals surface area contributed by atoms with Gasteiger partial charge in [0.25, 0.3) is 0 Å². The Morgan fingerprint density at radius 2 is 1.93 bits per heavy atom. The zero-order valence-corrected chi connectivity index (χ0v) is 15.8. The number of benzene rings is 1. The number of hydrogen-bond donors (Lipinski definition) is 1. The van der Waals surface area contributed by atoms with Crippen molar-refractivity contribution in [3.8, 4) is 0 Å². The molecule has 3 heterocycles. The first kappa shape index (κ1) is 18.2. The van der Waals surface area contributed by atoms with Gasteiger partial charge in [-0.2, -0.15) is 5.10 Å². The van der Waals surface area contributed by atoms with E-state index in [0.717, 1.165) is 31.5 Å². The summed E-state index contributed by atoms with van der Waals surface area (Å²) in [4.78, 5) is 25.9. The second-order valence-electron chi connectivity index (χ2n) is 7.36. The first-order valence-electron chi connectivity index (χ1n) is 9.69. The number of carbonyl (C=O) groups excluding carboxylic acids is 1. The largest absolute Gasteiger partial charge is 0.345 e. The average Bonchev–Trinajstić information content (AvgIpc) is 3.19. The minimum absolute atomic E-state index is 0.0491. The molecule has 6 heteroatoms. The molecule has 0 bridgehead atoms. The number of nitrogens with one attached hydrogen (secondary N) is 1. The third kappa shape index (κ3) is 4.22. The number of hydrogen-bond acceptors (Lipinski definition) is 3. The zero-order chi connectivity index (χ0) is 19.3. The Hall–Kier alpha value is -3.15. The lowest BCUT2D eigenvalue weighted by Crippen LogP contribution is -2.41. The Bertz CT molecular complexity index is 973. The van der Waals surface area contributed by atoms with Gasteiger partial charge >= 0.3 is 0 Å². The highest BCUT2D eigenvalue weighted by Gasteiger charge is 2.27. The highest BCUT2D eigenvalue weighted by molar-refractivity contribution is 5.76. The van der Waals surface area contributed by atoms with Crippen molar-refractivity contribution in [3.05, 3.63) is 88.1 Å². The van der Waals surface area contributed by atoms with Gasteiger partial charge in [0, 0.05) is 55.6 Å². The molecule has 1 aromatic carbocycles. The Labute approximate surface area is 163 Å². The van der Waals surface area contributed by atoms with Crippen molar-refractivity contribution < 1.29 is 4.79 Å². The van der Waals surface area contributed by atoms with Crippen LogP contribution in [0.1, 0.15) is 35.6 Å². The van der Waals surface area contributed by atoms with Crippen LogP contribution in [0.4, 0.5) is 0 Å². The number of rotatable bonds is 5. The van der Waals surface area contributed by atoms with Crippen LogP contribution in [-0.4, -0.2) is 38.7 Å². The fourth-order valence-corrected chi connectivity index (χ4v) is 3.88. The molecular weight excluding hydrogens is 352 g/mol. The second kappa shape index (κ2) is 8.25. The van der Waals surface area contributed by atoms with E-state index in [1.165, 1.54) is 23.3 Å². The molecule has 144 valence electrons. The summed E-state index contributed by atoms with van der Waals surface area (Å²) in [6, 6.07) is 13.3. The predicted molar refractivity (Wildman–Crippen MR) is 107 cm³/mol. The molecule has 2 aromatic heterocycles. The van der Waals surface area contributed by atoms with E-state index in [0.29, 0.717) is 6.54 Å². The van der Waals surface area contributed by atoms with Gasteiger partial charge in [-0.05, 0) is 24.0 Å². The van der Waals surface area contributed by atoms with Gasteiger partial charge in [0.15, 0.2) is 5.43 Å². The normalized spacial score (nSPS) is 16.9. The minimum Gasteiger partial charge on any atom is -0.345 e. The maximum absolute atomic E-state index is 12.7. The van der Waals surface area contributed by atoms with Crippen molar-refractivity contribution in [2.24, 2.45) is 0 Å². The van der Waals surface area contributed by atoms with Gasteiger partial charge in [0.05, 0.1) is 6.20 Å². The number of amides is 1. The van der Waals surface area contributed by atoms with E-state index in [1.54, 1.807) is 17.0 Å². The molecule has 4 rings (SSSR count). The van der Waals surface area contributed by atoms with Gasteiger partial charge in [-0.3, -0.25) is 14.7 Å². The monoisotopic (exact) mass is 376 g/mol. The molecule has 0 aliphatic carbocycles. The summed E-state index contributed by atoms with van der Waals surface area (Å²) < 4.78 is 1.75. The topological polar surface area (TPSA) is 71.0 Å². The van der Waals surface area contributed by atoms with E-state index in [-0.39, 0.29) is 23.8 Å². The average molecular weight is 376 g/mol. The van der Waals surface area contributed by atoms with Gasteiger partial charge in [0.2, 0.25) is 5.91 Å². The first-order valence-corrected chi connectivity index (χ1v) is 9.69. The van der Waals surface area contributed by atoms with E-state index < -0.39 is 0 Å². The molecule has 1 aliphatic heterocycles. The third-order valence-corrected chi connectivity index (χ3v) is 5.35. The van der Waals surface area contributed by atoms with Crippen LogP contribution < -0.4 is 5.43 Å². The molecule has 0 saturated carbocycles. The summed E-state index contributed by atoms with van der Waals surface area (Å²) in [5.41, 5.74) is 3.55. The van der Waals surface area contributed by atoms with Gasteiger partial charge in [-0.1, -0.05) is 30.3 Å². The predicted octanol–water partition coefficient (Wildman–Crippen LogP) is 2.57. The molecule has 0 spiro atoms. The molecule has 6 nitrogen and oxygen atoms in total. The molecule has 1 fully saturated rings. The fraction of sp³-hybridized carbons (Fsp3) is 0.318. The third-order valence-electron chi connectivity index (χ3n) is 5.35. The second-order valence-corrected chi connectivity index (χ2v) is 7.36. The standard InChI is InChI=1S/C22H24N4O2/c27-20-8-11-25(12-9-20)16-21(28)26-10-4-7-18(15-26)22-19(14-23-24-22)13-17-5-2-1-3-6-17/h1-3,5-6,8-9,11-12,14,18H,4,7,10,13,15-16H2,(H,23,24)/t18-/m1/s1. The highest BCUT2D eigenvalue weighted by atomic mass is 16.2. The van der Waals surface area contributed by atoms with Crippen LogP contribution in [-0.2, 0) is 17.8 Å². The number of pyridine rings is 1. The first-order chi connectivity index (χ1) is 13.7. The van der Waals surface area contributed by atoms with Gasteiger partial charge in [-0.15, -0.1) is 0 Å². The van der Waals surface area contributed by atoms with Crippen LogP contribution in [0.2, 0.25) is 0 Å². The molecule has 28 heavy (non-hydrogen) atoms. The van der Waals surface area contributed by atoms with Crippen LogP contribution >= 0.6 is 0 Å². The van der Waals surface area contributed by atoms with Crippen molar-refractivity contribution >= 4 is 5.91 Å². The van der Waals surface area contributed by atoms with E-state index in [4.69, 9.17) is 0 Å². The SMILES string of the molecule is O=C(Cn1ccc(=O)cc1)N1CCC[C@@H](c2[nH]ncc2Cc2ccccc2)C1. The molecule has 0 unspecified atom stereocenters.